The van der Waals surface area contributed by atoms with Crippen molar-refractivity contribution >= 4 is 35.6 Å². The van der Waals surface area contributed by atoms with Crippen LogP contribution in [-0.2, 0) is 14.9 Å². The number of likely N-dealkylation sites (tertiary alicyclic amines) is 1. The average molecular weight is 358 g/mol. The van der Waals surface area contributed by atoms with Crippen LogP contribution in [0.25, 0.3) is 0 Å². The summed E-state index contributed by atoms with van der Waals surface area (Å²) in [5.41, 5.74) is -0.569. The van der Waals surface area contributed by atoms with Crippen molar-refractivity contribution in [1.82, 2.24) is 4.90 Å². The lowest BCUT2D eigenvalue weighted by Crippen LogP contribution is -2.50. The summed E-state index contributed by atoms with van der Waals surface area (Å²) >= 11 is 12.0. The van der Waals surface area contributed by atoms with Crippen LogP contribution >= 0.6 is 23.2 Å². The van der Waals surface area contributed by atoms with E-state index >= 15 is 0 Å². The van der Waals surface area contributed by atoms with Crippen LogP contribution in [0.15, 0.2) is 18.2 Å². The molecule has 0 aromatic heterocycles. The second-order valence-electron chi connectivity index (χ2n) is 6.91. The molecule has 0 saturated carbocycles. The van der Waals surface area contributed by atoms with E-state index in [-0.39, 0.29) is 6.54 Å². The van der Waals surface area contributed by atoms with Crippen molar-refractivity contribution in [2.24, 2.45) is 0 Å². The Morgan fingerprint density at radius 2 is 2.00 bits per heavy atom. The zero-order chi connectivity index (χ0) is 17.3. The van der Waals surface area contributed by atoms with Crippen molar-refractivity contribution in [3.8, 4) is 0 Å². The van der Waals surface area contributed by atoms with Crippen molar-refractivity contribution in [2.45, 2.75) is 44.6 Å². The summed E-state index contributed by atoms with van der Waals surface area (Å²) in [6, 6.07) is 5.18. The van der Waals surface area contributed by atoms with Gasteiger partial charge in [0.1, 0.15) is 11.9 Å². The van der Waals surface area contributed by atoms with Gasteiger partial charge in [0.15, 0.2) is 0 Å². The number of ether oxygens (including phenoxy) is 1. The van der Waals surface area contributed by atoms with Gasteiger partial charge in [0, 0.05) is 13.1 Å². The summed E-state index contributed by atoms with van der Waals surface area (Å²) in [4.78, 5) is 25.8. The van der Waals surface area contributed by atoms with E-state index in [1.165, 1.54) is 0 Å². The second kappa shape index (κ2) is 6.70. The van der Waals surface area contributed by atoms with Gasteiger partial charge in [0.25, 0.3) is 0 Å². The molecule has 1 aromatic rings. The molecule has 1 amide bonds. The molecule has 0 bridgehead atoms. The molecule has 1 aromatic carbocycles. The summed E-state index contributed by atoms with van der Waals surface area (Å²) in [7, 11) is 0. The van der Waals surface area contributed by atoms with Crippen molar-refractivity contribution in [2.75, 3.05) is 13.1 Å². The van der Waals surface area contributed by atoms with Crippen molar-refractivity contribution in [3.05, 3.63) is 33.8 Å². The first-order chi connectivity index (χ1) is 10.7. The van der Waals surface area contributed by atoms with Crippen LogP contribution in [-0.4, -0.2) is 36.0 Å². The Bertz CT molecular complexity index is 612. The standard InChI is InChI=1S/C17H21Cl2NO3/c1-16(2,3)23-15(22)20-8-4-7-17(10-20,11-21)12-5-6-13(18)14(19)9-12/h5-6,9,11H,4,7-8,10H2,1-3H3/t17-/m0/s1. The van der Waals surface area contributed by atoms with Crippen molar-refractivity contribution < 1.29 is 14.3 Å². The van der Waals surface area contributed by atoms with Crippen LogP contribution in [0.3, 0.4) is 0 Å². The molecule has 0 radical (unpaired) electrons. The summed E-state index contributed by atoms with van der Waals surface area (Å²) in [5, 5.41) is 0.844. The summed E-state index contributed by atoms with van der Waals surface area (Å²) in [6.07, 6.45) is 1.89. The topological polar surface area (TPSA) is 46.6 Å². The van der Waals surface area contributed by atoms with Crippen LogP contribution in [0.1, 0.15) is 39.2 Å². The van der Waals surface area contributed by atoms with Gasteiger partial charge < -0.3 is 14.4 Å². The molecule has 0 N–H and O–H groups in total. The van der Waals surface area contributed by atoms with E-state index < -0.39 is 17.1 Å². The first-order valence-corrected chi connectivity index (χ1v) is 8.32. The normalized spacial score (nSPS) is 21.9. The van der Waals surface area contributed by atoms with Gasteiger partial charge in [-0.2, -0.15) is 0 Å². The van der Waals surface area contributed by atoms with Crippen LogP contribution in [0.5, 0.6) is 0 Å². The molecule has 0 unspecified atom stereocenters. The monoisotopic (exact) mass is 357 g/mol. The van der Waals surface area contributed by atoms with Gasteiger partial charge in [-0.05, 0) is 51.3 Å². The van der Waals surface area contributed by atoms with E-state index in [4.69, 9.17) is 27.9 Å². The molecular formula is C17H21Cl2NO3. The van der Waals surface area contributed by atoms with Gasteiger partial charge in [-0.25, -0.2) is 4.79 Å². The minimum atomic E-state index is -0.774. The van der Waals surface area contributed by atoms with E-state index in [1.54, 1.807) is 23.1 Å². The van der Waals surface area contributed by atoms with Gasteiger partial charge in [-0.1, -0.05) is 29.3 Å². The molecule has 6 heteroatoms. The number of hydrogen-bond acceptors (Lipinski definition) is 3. The predicted molar refractivity (Wildman–Crippen MR) is 91.2 cm³/mol. The van der Waals surface area contributed by atoms with Crippen molar-refractivity contribution in [3.63, 3.8) is 0 Å². The number of rotatable bonds is 2. The SMILES string of the molecule is CC(C)(C)OC(=O)N1CCC[C@](C=O)(c2ccc(Cl)c(Cl)c2)C1. The zero-order valence-electron chi connectivity index (χ0n) is 13.6. The molecule has 2 rings (SSSR count). The lowest BCUT2D eigenvalue weighted by molar-refractivity contribution is -0.114. The Balaban J connectivity index is 2.26. The third-order valence-electron chi connectivity index (χ3n) is 3.90. The summed E-state index contributed by atoms with van der Waals surface area (Å²) < 4.78 is 5.42. The Kier molecular flexibility index (Phi) is 5.27. The van der Waals surface area contributed by atoms with E-state index in [1.807, 2.05) is 20.8 Å². The van der Waals surface area contributed by atoms with Crippen LogP contribution < -0.4 is 0 Å². The number of halogens is 2. The minimum Gasteiger partial charge on any atom is -0.444 e. The Labute approximate surface area is 146 Å². The van der Waals surface area contributed by atoms with Gasteiger partial charge in [0.05, 0.1) is 15.5 Å². The van der Waals surface area contributed by atoms with E-state index in [2.05, 4.69) is 0 Å². The maximum Gasteiger partial charge on any atom is 0.410 e. The molecule has 1 aliphatic heterocycles. The third kappa shape index (κ3) is 4.18. The highest BCUT2D eigenvalue weighted by molar-refractivity contribution is 6.42. The number of aldehydes is 1. The molecule has 1 fully saturated rings. The molecule has 1 saturated heterocycles. The van der Waals surface area contributed by atoms with Gasteiger partial charge >= 0.3 is 6.09 Å². The first-order valence-electron chi connectivity index (χ1n) is 7.57. The number of piperidine rings is 1. The maximum atomic E-state index is 12.3. The van der Waals surface area contributed by atoms with Crippen LogP contribution in [0, 0.1) is 0 Å². The quantitative estimate of drug-likeness (QED) is 0.734. The Hall–Kier alpha value is -1.26. The molecular weight excluding hydrogens is 337 g/mol. The number of amides is 1. The van der Waals surface area contributed by atoms with Crippen molar-refractivity contribution in [1.29, 1.82) is 0 Å². The molecule has 23 heavy (non-hydrogen) atoms. The summed E-state index contributed by atoms with van der Waals surface area (Å²) in [6.45, 7) is 6.32. The van der Waals surface area contributed by atoms with Gasteiger partial charge in [-0.3, -0.25) is 0 Å². The van der Waals surface area contributed by atoms with E-state index in [0.29, 0.717) is 23.0 Å². The highest BCUT2D eigenvalue weighted by atomic mass is 35.5. The number of hydrogen-bond donors (Lipinski definition) is 0. The zero-order valence-corrected chi connectivity index (χ0v) is 15.1. The number of benzene rings is 1. The van der Waals surface area contributed by atoms with Crippen LogP contribution in [0.2, 0.25) is 10.0 Å². The maximum absolute atomic E-state index is 12.3. The molecule has 1 atom stereocenters. The van der Waals surface area contributed by atoms with Gasteiger partial charge in [-0.15, -0.1) is 0 Å². The first kappa shape index (κ1) is 18.1. The highest BCUT2D eigenvalue weighted by Crippen LogP contribution is 2.36. The molecule has 1 aliphatic rings. The van der Waals surface area contributed by atoms with Crippen LogP contribution in [0.4, 0.5) is 4.79 Å². The highest BCUT2D eigenvalue weighted by Gasteiger charge is 2.40. The molecule has 126 valence electrons. The van der Waals surface area contributed by atoms with Gasteiger partial charge in [0.2, 0.25) is 0 Å². The third-order valence-corrected chi connectivity index (χ3v) is 4.63. The fraction of sp³-hybridized carbons (Fsp3) is 0.529. The number of carbonyl (C=O) groups excluding carboxylic acids is 2. The second-order valence-corrected chi connectivity index (χ2v) is 7.72. The minimum absolute atomic E-state index is 0.281. The molecule has 0 spiro atoms. The average Bonchev–Trinajstić information content (AvgIpc) is 2.48. The Morgan fingerprint density at radius 3 is 2.57 bits per heavy atom. The number of nitrogens with zero attached hydrogens (tertiary/aromatic N) is 1. The molecule has 0 aliphatic carbocycles. The Morgan fingerprint density at radius 1 is 1.30 bits per heavy atom. The summed E-state index contributed by atoms with van der Waals surface area (Å²) in [5.74, 6) is 0. The smallest absolute Gasteiger partial charge is 0.410 e. The fourth-order valence-electron chi connectivity index (χ4n) is 2.77. The van der Waals surface area contributed by atoms with E-state index in [9.17, 15) is 9.59 Å². The predicted octanol–water partition coefficient (Wildman–Crippen LogP) is 4.46. The largest absolute Gasteiger partial charge is 0.444 e. The lowest BCUT2D eigenvalue weighted by Gasteiger charge is -2.40. The van der Waals surface area contributed by atoms with E-state index in [0.717, 1.165) is 18.3 Å². The fourth-order valence-corrected chi connectivity index (χ4v) is 3.07. The number of carbonyl (C=O) groups is 2. The molecule has 4 nitrogen and oxygen atoms in total. The lowest BCUT2D eigenvalue weighted by atomic mass is 9.75. The molecule has 1 heterocycles.